The molecule has 5 atom stereocenters. The largest absolute Gasteiger partial charge is 0.488 e. The van der Waals surface area contributed by atoms with E-state index in [1.54, 1.807) is 12.1 Å². The predicted octanol–water partition coefficient (Wildman–Crippen LogP) is 4.50. The maximum atomic E-state index is 12.2. The Kier molecular flexibility index (Phi) is 8.35. The van der Waals surface area contributed by atoms with Crippen molar-refractivity contribution < 1.29 is 42.8 Å². The van der Waals surface area contributed by atoms with Crippen LogP contribution in [0.15, 0.2) is 42.5 Å². The summed E-state index contributed by atoms with van der Waals surface area (Å²) < 4.78 is 34.7. The molecule has 0 amide bonds. The summed E-state index contributed by atoms with van der Waals surface area (Å²) >= 11 is 6.61. The van der Waals surface area contributed by atoms with Gasteiger partial charge in [-0.2, -0.15) is 0 Å². The first-order chi connectivity index (χ1) is 19.1. The first-order valence-electron chi connectivity index (χ1n) is 13.4. The SMILES string of the molecule is CC(=O)O[C@@H]1[C@@H](OC(C)=O)[C@H](OC(C)=O)C2(CC2)O[C@H]1c1ccc(Cl)c(Cc2ccc(O[C@H]3CCOC3)cc2)c1. The van der Waals surface area contributed by atoms with E-state index in [4.69, 9.17) is 40.0 Å². The van der Waals surface area contributed by atoms with Crippen LogP contribution < -0.4 is 4.74 Å². The van der Waals surface area contributed by atoms with Crippen molar-refractivity contribution in [1.82, 2.24) is 0 Å². The Balaban J connectivity index is 1.41. The molecule has 9 nitrogen and oxygen atoms in total. The lowest BCUT2D eigenvalue weighted by Crippen LogP contribution is -2.59. The van der Waals surface area contributed by atoms with Gasteiger partial charge in [0.15, 0.2) is 18.3 Å². The number of hydrogen-bond acceptors (Lipinski definition) is 9. The molecule has 5 rings (SSSR count). The van der Waals surface area contributed by atoms with Gasteiger partial charge in [0, 0.05) is 32.2 Å². The summed E-state index contributed by atoms with van der Waals surface area (Å²) in [5, 5.41) is 0.572. The van der Waals surface area contributed by atoms with Crippen molar-refractivity contribution in [1.29, 1.82) is 0 Å². The van der Waals surface area contributed by atoms with Gasteiger partial charge in [0.1, 0.15) is 23.6 Å². The van der Waals surface area contributed by atoms with E-state index in [0.29, 0.717) is 43.1 Å². The molecule has 2 aromatic rings. The maximum Gasteiger partial charge on any atom is 0.303 e. The van der Waals surface area contributed by atoms with E-state index in [2.05, 4.69) is 0 Å². The van der Waals surface area contributed by atoms with Crippen molar-refractivity contribution in [3.63, 3.8) is 0 Å². The van der Waals surface area contributed by atoms with Gasteiger partial charge in [-0.05, 0) is 54.2 Å². The van der Waals surface area contributed by atoms with Crippen LogP contribution in [0.2, 0.25) is 5.02 Å². The average Bonchev–Trinajstić information content (AvgIpc) is 3.48. The molecule has 2 aromatic carbocycles. The zero-order valence-electron chi connectivity index (χ0n) is 22.7. The summed E-state index contributed by atoms with van der Waals surface area (Å²) in [4.78, 5) is 36.2. The molecule has 1 aliphatic carbocycles. The summed E-state index contributed by atoms with van der Waals surface area (Å²) in [6, 6.07) is 13.3. The Morgan fingerprint density at radius 1 is 0.925 bits per heavy atom. The van der Waals surface area contributed by atoms with Gasteiger partial charge in [0.2, 0.25) is 0 Å². The fourth-order valence-corrected chi connectivity index (χ4v) is 5.60. The summed E-state index contributed by atoms with van der Waals surface area (Å²) in [5.74, 6) is -0.920. The molecule has 0 unspecified atom stereocenters. The van der Waals surface area contributed by atoms with Gasteiger partial charge in [-0.3, -0.25) is 14.4 Å². The molecule has 0 N–H and O–H groups in total. The van der Waals surface area contributed by atoms with E-state index >= 15 is 0 Å². The van der Waals surface area contributed by atoms with Gasteiger partial charge in [0.25, 0.3) is 0 Å². The van der Waals surface area contributed by atoms with E-state index < -0.39 is 47.9 Å². The minimum absolute atomic E-state index is 0.0728. The van der Waals surface area contributed by atoms with Gasteiger partial charge in [-0.1, -0.05) is 35.9 Å². The third-order valence-corrected chi connectivity index (χ3v) is 7.72. The minimum Gasteiger partial charge on any atom is -0.488 e. The molecule has 3 fully saturated rings. The Bertz CT molecular complexity index is 1250. The van der Waals surface area contributed by atoms with Crippen LogP contribution in [-0.2, 0) is 44.5 Å². The highest BCUT2D eigenvalue weighted by Gasteiger charge is 2.65. The number of esters is 3. The molecule has 40 heavy (non-hydrogen) atoms. The number of hydrogen-bond donors (Lipinski definition) is 0. The molecule has 3 aliphatic rings. The fourth-order valence-electron chi connectivity index (χ4n) is 5.42. The molecule has 2 aliphatic heterocycles. The summed E-state index contributed by atoms with van der Waals surface area (Å²) in [7, 11) is 0. The molecule has 0 radical (unpaired) electrons. The highest BCUT2D eigenvalue weighted by Crippen LogP contribution is 2.54. The van der Waals surface area contributed by atoms with Gasteiger partial charge in [-0.25, -0.2) is 0 Å². The number of halogens is 1. The van der Waals surface area contributed by atoms with E-state index in [0.717, 1.165) is 23.3 Å². The smallest absolute Gasteiger partial charge is 0.303 e. The average molecular weight is 573 g/mol. The third-order valence-electron chi connectivity index (χ3n) is 7.35. The second kappa shape index (κ2) is 11.8. The van der Waals surface area contributed by atoms with Crippen LogP contribution in [0.4, 0.5) is 0 Å². The fraction of sp³-hybridized carbons (Fsp3) is 0.500. The molecule has 214 valence electrons. The van der Waals surface area contributed by atoms with Crippen LogP contribution in [0, 0.1) is 0 Å². The van der Waals surface area contributed by atoms with Crippen molar-refractivity contribution in [3.8, 4) is 5.75 Å². The van der Waals surface area contributed by atoms with Crippen molar-refractivity contribution in [2.75, 3.05) is 13.2 Å². The van der Waals surface area contributed by atoms with Crippen LogP contribution in [0.25, 0.3) is 0 Å². The zero-order chi connectivity index (χ0) is 28.4. The Morgan fingerprint density at radius 3 is 2.20 bits per heavy atom. The monoisotopic (exact) mass is 572 g/mol. The summed E-state index contributed by atoms with van der Waals surface area (Å²) in [6.07, 6.45) is -1.06. The molecular formula is C30H33ClO9. The molecule has 1 saturated carbocycles. The number of carbonyl (C=O) groups is 3. The van der Waals surface area contributed by atoms with Crippen molar-refractivity contribution in [2.45, 2.75) is 82.6 Å². The number of rotatable bonds is 8. The molecule has 2 heterocycles. The predicted molar refractivity (Wildman–Crippen MR) is 143 cm³/mol. The van der Waals surface area contributed by atoms with Crippen LogP contribution in [0.3, 0.4) is 0 Å². The molecule has 1 spiro atoms. The highest BCUT2D eigenvalue weighted by molar-refractivity contribution is 6.31. The van der Waals surface area contributed by atoms with E-state index in [-0.39, 0.29) is 6.10 Å². The van der Waals surface area contributed by atoms with Crippen molar-refractivity contribution in [2.24, 2.45) is 0 Å². The van der Waals surface area contributed by atoms with Gasteiger partial charge >= 0.3 is 17.9 Å². The topological polar surface area (TPSA) is 107 Å². The maximum absolute atomic E-state index is 12.2. The third kappa shape index (κ3) is 6.43. The van der Waals surface area contributed by atoms with Crippen LogP contribution in [-0.4, -0.2) is 61.1 Å². The van der Waals surface area contributed by atoms with Crippen LogP contribution >= 0.6 is 11.6 Å². The van der Waals surface area contributed by atoms with E-state index in [1.165, 1.54) is 20.8 Å². The zero-order valence-corrected chi connectivity index (χ0v) is 23.5. The summed E-state index contributed by atoms with van der Waals surface area (Å²) in [5.41, 5.74) is 1.74. The second-order valence-corrected chi connectivity index (χ2v) is 11.0. The summed E-state index contributed by atoms with van der Waals surface area (Å²) in [6.45, 7) is 5.13. The Hall–Kier alpha value is -3.14. The van der Waals surface area contributed by atoms with Crippen LogP contribution in [0.5, 0.6) is 5.75 Å². The molecule has 0 aromatic heterocycles. The lowest BCUT2D eigenvalue weighted by atomic mass is 9.88. The van der Waals surface area contributed by atoms with Crippen LogP contribution in [0.1, 0.15) is 62.8 Å². The molecular weight excluding hydrogens is 540 g/mol. The number of benzene rings is 2. The number of ether oxygens (including phenoxy) is 6. The van der Waals surface area contributed by atoms with Crippen molar-refractivity contribution in [3.05, 3.63) is 64.2 Å². The van der Waals surface area contributed by atoms with Crippen molar-refractivity contribution >= 4 is 29.5 Å². The number of carbonyl (C=O) groups excluding carboxylic acids is 3. The Labute approximate surface area is 238 Å². The first-order valence-corrected chi connectivity index (χ1v) is 13.8. The van der Waals surface area contributed by atoms with Gasteiger partial charge in [-0.15, -0.1) is 0 Å². The normalized spacial score (nSPS) is 26.6. The minimum atomic E-state index is -1.04. The van der Waals surface area contributed by atoms with Gasteiger partial charge in [0.05, 0.1) is 13.2 Å². The first kappa shape index (κ1) is 28.4. The van der Waals surface area contributed by atoms with E-state index in [1.807, 2.05) is 30.3 Å². The van der Waals surface area contributed by atoms with E-state index in [9.17, 15) is 14.4 Å². The quantitative estimate of drug-likeness (QED) is 0.334. The Morgan fingerprint density at radius 2 is 1.60 bits per heavy atom. The molecule has 0 bridgehead atoms. The lowest BCUT2D eigenvalue weighted by Gasteiger charge is -2.45. The highest BCUT2D eigenvalue weighted by atomic mass is 35.5. The molecule has 2 saturated heterocycles. The second-order valence-electron chi connectivity index (χ2n) is 10.6. The molecule has 10 heteroatoms. The lowest BCUT2D eigenvalue weighted by molar-refractivity contribution is -0.257. The standard InChI is InChI=1S/C30H33ClO9/c1-17(32)36-27-26(40-30(11-12-30)29(38-19(3)34)28(27)37-18(2)33)21-6-9-25(31)22(15-21)14-20-4-7-23(8-5-20)39-24-10-13-35-16-24/h4-9,15,24,26-29H,10-14,16H2,1-3H3/t24-,26-,27-,28+,29-/m0/s1. The van der Waals surface area contributed by atoms with Gasteiger partial charge < -0.3 is 28.4 Å².